The van der Waals surface area contributed by atoms with Crippen molar-refractivity contribution in [2.75, 3.05) is 39.3 Å². The number of nitrogens with one attached hydrogen (secondary N) is 2. The molecule has 1 amide bonds. The van der Waals surface area contributed by atoms with Gasteiger partial charge in [0.25, 0.3) is 0 Å². The maximum absolute atomic E-state index is 12.0. The highest BCUT2D eigenvalue weighted by molar-refractivity contribution is 5.67. The van der Waals surface area contributed by atoms with Gasteiger partial charge in [0.2, 0.25) is 0 Å². The van der Waals surface area contributed by atoms with Gasteiger partial charge in [-0.25, -0.2) is 4.79 Å². The fraction of sp³-hybridized carbons (Fsp3) is 0.941. The predicted molar refractivity (Wildman–Crippen MR) is 89.0 cm³/mol. The molecule has 1 saturated heterocycles. The van der Waals surface area contributed by atoms with E-state index in [-0.39, 0.29) is 23.0 Å². The first-order valence-electron chi connectivity index (χ1n) is 8.68. The topological polar surface area (TPSA) is 53.6 Å². The zero-order valence-electron chi connectivity index (χ0n) is 14.7. The molecular weight excluding hydrogens is 278 g/mol. The van der Waals surface area contributed by atoms with E-state index < -0.39 is 0 Å². The molecule has 2 rings (SSSR count). The molecule has 1 heterocycles. The summed E-state index contributed by atoms with van der Waals surface area (Å²) in [6.45, 7) is 14.5. The zero-order chi connectivity index (χ0) is 16.2. The summed E-state index contributed by atoms with van der Waals surface area (Å²) in [5, 5.41) is 6.41. The van der Waals surface area contributed by atoms with Gasteiger partial charge < -0.3 is 20.3 Å². The quantitative estimate of drug-likeness (QED) is 0.817. The molecule has 22 heavy (non-hydrogen) atoms. The van der Waals surface area contributed by atoms with E-state index in [9.17, 15) is 4.79 Å². The maximum atomic E-state index is 12.0. The summed E-state index contributed by atoms with van der Waals surface area (Å²) in [5.41, 5.74) is 0.244. The van der Waals surface area contributed by atoms with Gasteiger partial charge in [-0.15, -0.1) is 0 Å². The van der Waals surface area contributed by atoms with Crippen molar-refractivity contribution >= 4 is 6.09 Å². The molecule has 128 valence electrons. The van der Waals surface area contributed by atoms with E-state index in [0.717, 1.165) is 39.3 Å². The molecule has 1 aliphatic carbocycles. The average molecular weight is 311 g/mol. The highest BCUT2D eigenvalue weighted by Crippen LogP contribution is 2.41. The molecule has 0 aromatic rings. The smallest absolute Gasteiger partial charge is 0.407 e. The van der Waals surface area contributed by atoms with E-state index in [0.29, 0.717) is 0 Å². The molecule has 2 N–H and O–H groups in total. The van der Waals surface area contributed by atoms with Crippen LogP contribution in [0.15, 0.2) is 0 Å². The molecule has 5 nitrogen and oxygen atoms in total. The molecule has 0 spiro atoms. The second-order valence-electron chi connectivity index (χ2n) is 8.15. The van der Waals surface area contributed by atoms with Gasteiger partial charge in [0.1, 0.15) is 6.10 Å². The van der Waals surface area contributed by atoms with Crippen molar-refractivity contribution in [2.24, 2.45) is 10.8 Å². The van der Waals surface area contributed by atoms with Crippen LogP contribution in [0.3, 0.4) is 0 Å². The lowest BCUT2D eigenvalue weighted by atomic mass is 9.68. The largest absolute Gasteiger partial charge is 0.446 e. The number of alkyl carbamates (subject to hydrolysis) is 1. The Hall–Kier alpha value is -0.810. The molecule has 1 atom stereocenters. The van der Waals surface area contributed by atoms with Crippen LogP contribution in [0.1, 0.15) is 47.0 Å². The van der Waals surface area contributed by atoms with Crippen molar-refractivity contribution in [2.45, 2.75) is 53.1 Å². The summed E-state index contributed by atoms with van der Waals surface area (Å²) < 4.78 is 5.50. The van der Waals surface area contributed by atoms with E-state index in [1.807, 2.05) is 6.92 Å². The third kappa shape index (κ3) is 4.85. The van der Waals surface area contributed by atoms with Crippen LogP contribution in [0.2, 0.25) is 0 Å². The lowest BCUT2D eigenvalue weighted by Gasteiger charge is -2.46. The monoisotopic (exact) mass is 311 g/mol. The molecule has 0 aromatic heterocycles. The minimum absolute atomic E-state index is 0.0215. The Kier molecular flexibility index (Phi) is 5.72. The number of amides is 1. The van der Waals surface area contributed by atoms with E-state index in [1.54, 1.807) is 0 Å². The van der Waals surface area contributed by atoms with E-state index >= 15 is 0 Å². The lowest BCUT2D eigenvalue weighted by molar-refractivity contribution is 0.0303. The first kappa shape index (κ1) is 17.5. The van der Waals surface area contributed by atoms with Crippen LogP contribution >= 0.6 is 0 Å². The average Bonchev–Trinajstić information content (AvgIpc) is 2.41. The van der Waals surface area contributed by atoms with Gasteiger partial charge in [0.15, 0.2) is 0 Å². The van der Waals surface area contributed by atoms with Crippen LogP contribution in [0.25, 0.3) is 0 Å². The van der Waals surface area contributed by atoms with Crippen molar-refractivity contribution in [3.63, 3.8) is 0 Å². The first-order valence-corrected chi connectivity index (χ1v) is 8.68. The van der Waals surface area contributed by atoms with Crippen molar-refractivity contribution in [1.82, 2.24) is 15.5 Å². The molecule has 1 saturated carbocycles. The number of nitrogens with zero attached hydrogens (tertiary/aromatic N) is 1. The second kappa shape index (κ2) is 7.18. The predicted octanol–water partition coefficient (Wildman–Crippen LogP) is 2.22. The van der Waals surface area contributed by atoms with Crippen molar-refractivity contribution in [3.05, 3.63) is 0 Å². The molecule has 1 unspecified atom stereocenters. The molecule has 0 bridgehead atoms. The first-order chi connectivity index (χ1) is 10.3. The number of piperazine rings is 1. The maximum Gasteiger partial charge on any atom is 0.407 e. The lowest BCUT2D eigenvalue weighted by Crippen LogP contribution is -2.53. The molecule has 2 aliphatic rings. The van der Waals surface area contributed by atoms with E-state index in [4.69, 9.17) is 4.74 Å². The molecule has 2 fully saturated rings. The van der Waals surface area contributed by atoms with Crippen LogP contribution in [-0.4, -0.2) is 56.4 Å². The number of hydrogen-bond acceptors (Lipinski definition) is 4. The van der Waals surface area contributed by atoms with Crippen LogP contribution < -0.4 is 10.6 Å². The summed E-state index contributed by atoms with van der Waals surface area (Å²) in [6.07, 6.45) is 3.35. The summed E-state index contributed by atoms with van der Waals surface area (Å²) in [5.74, 6) is 0. The standard InChI is InChI=1S/C17H33N3O2/c1-14(16(2,3)4)22-15(21)19-12-17(6-5-7-17)13-20-10-8-18-9-11-20/h14,18H,5-13H2,1-4H3,(H,19,21). The van der Waals surface area contributed by atoms with Gasteiger partial charge in [-0.3, -0.25) is 0 Å². The highest BCUT2D eigenvalue weighted by Gasteiger charge is 2.39. The van der Waals surface area contributed by atoms with Crippen molar-refractivity contribution < 1.29 is 9.53 Å². The van der Waals surface area contributed by atoms with Gasteiger partial charge in [0.05, 0.1) is 0 Å². The highest BCUT2D eigenvalue weighted by atomic mass is 16.6. The number of rotatable bonds is 5. The number of carbonyl (C=O) groups is 1. The third-order valence-electron chi connectivity index (χ3n) is 5.29. The molecular formula is C17H33N3O2. The Balaban J connectivity index is 1.76. The van der Waals surface area contributed by atoms with Gasteiger partial charge in [-0.05, 0) is 25.2 Å². The Morgan fingerprint density at radius 3 is 2.45 bits per heavy atom. The Labute approximate surface area is 135 Å². The van der Waals surface area contributed by atoms with Crippen LogP contribution in [0.4, 0.5) is 4.79 Å². The van der Waals surface area contributed by atoms with Gasteiger partial charge in [0, 0.05) is 44.7 Å². The Bertz CT molecular complexity index is 369. The summed E-state index contributed by atoms with van der Waals surface area (Å²) in [4.78, 5) is 14.6. The minimum Gasteiger partial charge on any atom is -0.446 e. The molecule has 5 heteroatoms. The van der Waals surface area contributed by atoms with Crippen LogP contribution in [-0.2, 0) is 4.74 Å². The molecule has 1 aliphatic heterocycles. The zero-order valence-corrected chi connectivity index (χ0v) is 14.7. The van der Waals surface area contributed by atoms with Crippen molar-refractivity contribution in [1.29, 1.82) is 0 Å². The number of hydrogen-bond donors (Lipinski definition) is 2. The van der Waals surface area contributed by atoms with E-state index in [2.05, 4.69) is 36.3 Å². The van der Waals surface area contributed by atoms with Crippen molar-refractivity contribution in [3.8, 4) is 0 Å². The summed E-state index contributed by atoms with van der Waals surface area (Å²) in [6, 6.07) is 0. The van der Waals surface area contributed by atoms with E-state index in [1.165, 1.54) is 19.3 Å². The van der Waals surface area contributed by atoms with Crippen LogP contribution in [0.5, 0.6) is 0 Å². The van der Waals surface area contributed by atoms with Crippen LogP contribution in [0, 0.1) is 10.8 Å². The summed E-state index contributed by atoms with van der Waals surface area (Å²) >= 11 is 0. The summed E-state index contributed by atoms with van der Waals surface area (Å²) in [7, 11) is 0. The Morgan fingerprint density at radius 1 is 1.32 bits per heavy atom. The number of carbonyl (C=O) groups excluding carboxylic acids is 1. The second-order valence-corrected chi connectivity index (χ2v) is 8.15. The van der Waals surface area contributed by atoms with Gasteiger partial charge >= 0.3 is 6.09 Å². The SMILES string of the molecule is CC(OC(=O)NCC1(CN2CCNCC2)CCC1)C(C)(C)C. The van der Waals surface area contributed by atoms with Gasteiger partial charge in [-0.1, -0.05) is 27.2 Å². The molecule has 0 radical (unpaired) electrons. The Morgan fingerprint density at radius 2 is 1.95 bits per heavy atom. The normalized spacial score (nSPS) is 23.5. The fourth-order valence-electron chi connectivity index (χ4n) is 3.05. The minimum atomic E-state index is -0.269. The fourth-order valence-corrected chi connectivity index (χ4v) is 3.05. The third-order valence-corrected chi connectivity index (χ3v) is 5.29. The molecule has 0 aromatic carbocycles. The van der Waals surface area contributed by atoms with Gasteiger partial charge in [-0.2, -0.15) is 0 Å². The number of ether oxygens (including phenoxy) is 1.